The Labute approximate surface area is 105 Å². The molecule has 0 aliphatic heterocycles. The highest BCUT2D eigenvalue weighted by Gasteiger charge is 2.04. The zero-order valence-corrected chi connectivity index (χ0v) is 10.5. The maximum Gasteiger partial charge on any atom is 0.234 e. The number of H-pyrrole nitrogens is 1. The number of benzene rings is 1. The normalized spacial score (nSPS) is 10.7. The number of nitrogens with one attached hydrogen (secondary N) is 2. The smallest absolute Gasteiger partial charge is 0.234 e. The van der Waals surface area contributed by atoms with Crippen LogP contribution >= 0.6 is 11.6 Å². The molecule has 0 saturated carbocycles. The summed E-state index contributed by atoms with van der Waals surface area (Å²) in [6.45, 7) is 2.69. The molecule has 1 amide bonds. The molecule has 2 aromatic rings. The number of rotatable bonds is 4. The maximum absolute atomic E-state index is 11.0. The van der Waals surface area contributed by atoms with Gasteiger partial charge in [0.05, 0.1) is 0 Å². The van der Waals surface area contributed by atoms with Crippen molar-refractivity contribution < 1.29 is 4.79 Å². The van der Waals surface area contributed by atoms with Gasteiger partial charge in [0.2, 0.25) is 5.91 Å². The van der Waals surface area contributed by atoms with E-state index in [0.717, 1.165) is 11.9 Å². The Balaban J connectivity index is 2.08. The molecule has 0 fully saturated rings. The zero-order chi connectivity index (χ0) is 12.3. The number of hydrogen-bond acceptors (Lipinski definition) is 1. The molecule has 0 saturated heterocycles. The van der Waals surface area contributed by atoms with Crippen molar-refractivity contribution in [3.05, 3.63) is 35.5 Å². The Morgan fingerprint density at radius 3 is 3.06 bits per heavy atom. The number of halogens is 1. The molecule has 2 rings (SSSR count). The molecule has 0 radical (unpaired) electrons. The predicted molar refractivity (Wildman–Crippen MR) is 70.5 cm³/mol. The van der Waals surface area contributed by atoms with Crippen molar-refractivity contribution in [3.8, 4) is 0 Å². The fourth-order valence-corrected chi connectivity index (χ4v) is 1.98. The monoisotopic (exact) mass is 250 g/mol. The largest absolute Gasteiger partial charge is 0.361 e. The van der Waals surface area contributed by atoms with Crippen molar-refractivity contribution in [2.45, 2.75) is 13.3 Å². The zero-order valence-electron chi connectivity index (χ0n) is 9.72. The summed E-state index contributed by atoms with van der Waals surface area (Å²) in [6, 6.07) is 6.31. The highest BCUT2D eigenvalue weighted by Crippen LogP contribution is 2.19. The molecule has 0 atom stereocenters. The van der Waals surface area contributed by atoms with Crippen LogP contribution in [0.25, 0.3) is 10.9 Å². The Morgan fingerprint density at radius 1 is 1.47 bits per heavy atom. The molecule has 1 aromatic carbocycles. The van der Waals surface area contributed by atoms with Crippen molar-refractivity contribution in [3.63, 3.8) is 0 Å². The van der Waals surface area contributed by atoms with Crippen molar-refractivity contribution in [2.24, 2.45) is 0 Å². The van der Waals surface area contributed by atoms with Crippen molar-refractivity contribution in [2.75, 3.05) is 12.4 Å². The van der Waals surface area contributed by atoms with Gasteiger partial charge < -0.3 is 10.3 Å². The number of aryl methyl sites for hydroxylation is 1. The van der Waals surface area contributed by atoms with Gasteiger partial charge in [-0.1, -0.05) is 11.6 Å². The highest BCUT2D eigenvalue weighted by molar-refractivity contribution is 6.27. The average molecular weight is 251 g/mol. The molecular weight excluding hydrogens is 236 g/mol. The van der Waals surface area contributed by atoms with Gasteiger partial charge in [0, 0.05) is 23.6 Å². The fourth-order valence-electron chi connectivity index (χ4n) is 1.88. The highest BCUT2D eigenvalue weighted by atomic mass is 35.5. The van der Waals surface area contributed by atoms with E-state index < -0.39 is 0 Å². The Morgan fingerprint density at radius 2 is 2.29 bits per heavy atom. The standard InChI is InChI=1S/C13H15ClN2O/c1-9-2-3-12-11(6-9)10(8-16-12)4-5-15-13(17)7-14/h2-3,6,8,16H,4-5,7H2,1H3,(H,15,17). The minimum atomic E-state index is -0.123. The van der Waals surface area contributed by atoms with E-state index in [1.165, 1.54) is 16.5 Å². The summed E-state index contributed by atoms with van der Waals surface area (Å²) in [4.78, 5) is 14.2. The molecule has 0 aliphatic rings. The molecular formula is C13H15ClN2O. The van der Waals surface area contributed by atoms with Crippen LogP contribution in [0.4, 0.5) is 0 Å². The summed E-state index contributed by atoms with van der Waals surface area (Å²) < 4.78 is 0. The second-order valence-electron chi connectivity index (χ2n) is 4.10. The van der Waals surface area contributed by atoms with Gasteiger partial charge in [0.15, 0.2) is 0 Å². The summed E-state index contributed by atoms with van der Waals surface area (Å²) in [5, 5.41) is 3.99. The number of alkyl halides is 1. The van der Waals surface area contributed by atoms with Crippen LogP contribution in [-0.4, -0.2) is 23.3 Å². The first-order valence-corrected chi connectivity index (χ1v) is 6.13. The summed E-state index contributed by atoms with van der Waals surface area (Å²) >= 11 is 5.41. The van der Waals surface area contributed by atoms with Crippen LogP contribution in [-0.2, 0) is 11.2 Å². The van der Waals surface area contributed by atoms with E-state index in [1.807, 2.05) is 6.20 Å². The van der Waals surface area contributed by atoms with Gasteiger partial charge in [-0.05, 0) is 31.0 Å². The van der Waals surface area contributed by atoms with E-state index in [0.29, 0.717) is 6.54 Å². The lowest BCUT2D eigenvalue weighted by molar-refractivity contribution is -0.118. The van der Waals surface area contributed by atoms with Crippen LogP contribution < -0.4 is 5.32 Å². The van der Waals surface area contributed by atoms with Gasteiger partial charge in [0.25, 0.3) is 0 Å². The molecule has 0 unspecified atom stereocenters. The molecule has 1 aromatic heterocycles. The topological polar surface area (TPSA) is 44.9 Å². The van der Waals surface area contributed by atoms with Crippen molar-refractivity contribution in [1.82, 2.24) is 10.3 Å². The molecule has 1 heterocycles. The molecule has 0 spiro atoms. The number of aromatic amines is 1. The van der Waals surface area contributed by atoms with Crippen LogP contribution in [0.1, 0.15) is 11.1 Å². The Kier molecular flexibility index (Phi) is 3.69. The Bertz CT molecular complexity index is 533. The van der Waals surface area contributed by atoms with E-state index in [-0.39, 0.29) is 11.8 Å². The average Bonchev–Trinajstić information content (AvgIpc) is 2.72. The van der Waals surface area contributed by atoms with Crippen molar-refractivity contribution >= 4 is 28.4 Å². The number of amides is 1. The fraction of sp³-hybridized carbons (Fsp3) is 0.308. The van der Waals surface area contributed by atoms with Gasteiger partial charge >= 0.3 is 0 Å². The van der Waals surface area contributed by atoms with Gasteiger partial charge in [-0.15, -0.1) is 11.6 Å². The summed E-state index contributed by atoms with van der Waals surface area (Å²) in [5.41, 5.74) is 3.59. The van der Waals surface area contributed by atoms with Crippen LogP contribution in [0, 0.1) is 6.92 Å². The van der Waals surface area contributed by atoms with Crippen LogP contribution in [0.2, 0.25) is 0 Å². The van der Waals surface area contributed by atoms with E-state index in [4.69, 9.17) is 11.6 Å². The van der Waals surface area contributed by atoms with Gasteiger partial charge in [-0.3, -0.25) is 4.79 Å². The quantitative estimate of drug-likeness (QED) is 0.804. The maximum atomic E-state index is 11.0. The molecule has 4 heteroatoms. The summed E-state index contributed by atoms with van der Waals surface area (Å²) in [7, 11) is 0. The second kappa shape index (κ2) is 5.23. The molecule has 2 N–H and O–H groups in total. The lowest BCUT2D eigenvalue weighted by Crippen LogP contribution is -2.26. The summed E-state index contributed by atoms with van der Waals surface area (Å²) in [5.74, 6) is -0.102. The summed E-state index contributed by atoms with van der Waals surface area (Å²) in [6.07, 6.45) is 2.81. The van der Waals surface area contributed by atoms with Gasteiger partial charge in [-0.25, -0.2) is 0 Å². The third kappa shape index (κ3) is 2.80. The first kappa shape index (κ1) is 12.0. The minimum Gasteiger partial charge on any atom is -0.361 e. The molecule has 0 aliphatic carbocycles. The number of fused-ring (bicyclic) bond motifs is 1. The van der Waals surface area contributed by atoms with Gasteiger partial charge in [0.1, 0.15) is 5.88 Å². The number of carbonyl (C=O) groups excluding carboxylic acids is 1. The molecule has 0 bridgehead atoms. The molecule has 17 heavy (non-hydrogen) atoms. The first-order chi connectivity index (χ1) is 8.20. The SMILES string of the molecule is Cc1ccc2[nH]cc(CCNC(=O)CCl)c2c1. The minimum absolute atomic E-state index is 0.0208. The predicted octanol–water partition coefficient (Wildman–Crippen LogP) is 2.37. The first-order valence-electron chi connectivity index (χ1n) is 5.60. The van der Waals surface area contributed by atoms with Crippen LogP contribution in [0.15, 0.2) is 24.4 Å². The van der Waals surface area contributed by atoms with E-state index in [9.17, 15) is 4.79 Å². The van der Waals surface area contributed by atoms with E-state index in [2.05, 4.69) is 35.4 Å². The van der Waals surface area contributed by atoms with Crippen LogP contribution in [0.3, 0.4) is 0 Å². The second-order valence-corrected chi connectivity index (χ2v) is 4.36. The van der Waals surface area contributed by atoms with Gasteiger partial charge in [-0.2, -0.15) is 0 Å². The number of carbonyl (C=O) groups is 1. The van der Waals surface area contributed by atoms with E-state index >= 15 is 0 Å². The third-order valence-corrected chi connectivity index (χ3v) is 3.00. The lowest BCUT2D eigenvalue weighted by atomic mass is 10.1. The van der Waals surface area contributed by atoms with Crippen molar-refractivity contribution in [1.29, 1.82) is 0 Å². The number of aromatic nitrogens is 1. The third-order valence-electron chi connectivity index (χ3n) is 2.76. The van der Waals surface area contributed by atoms with Crippen LogP contribution in [0.5, 0.6) is 0 Å². The molecule has 90 valence electrons. The Hall–Kier alpha value is -1.48. The van der Waals surface area contributed by atoms with E-state index in [1.54, 1.807) is 0 Å². The number of hydrogen-bond donors (Lipinski definition) is 2. The molecule has 3 nitrogen and oxygen atoms in total. The lowest BCUT2D eigenvalue weighted by Gasteiger charge is -2.02.